The number of rotatable bonds is 0. The van der Waals surface area contributed by atoms with Crippen LogP contribution in [0.15, 0.2) is 121 Å². The number of benzene rings is 6. The molecule has 0 atom stereocenters. The van der Waals surface area contributed by atoms with Crippen LogP contribution in [0.2, 0.25) is 0 Å². The predicted octanol–water partition coefficient (Wildman–Crippen LogP) is 10.8. The van der Waals surface area contributed by atoms with E-state index in [1.165, 1.54) is 84.9 Å². The summed E-state index contributed by atoms with van der Waals surface area (Å²) in [7, 11) is 0. The highest BCUT2D eigenvalue weighted by Gasteiger charge is 2.48. The maximum Gasteiger partial charge on any atom is 0.0726 e. The summed E-state index contributed by atoms with van der Waals surface area (Å²) >= 11 is 3.86. The van der Waals surface area contributed by atoms with Gasteiger partial charge in [-0.1, -0.05) is 97.1 Å². The standard InChI is InChI=1S/C37H20S2/c1-3-13-25-21(9-1)22-10-2-4-14-26(22)37(25)27-15-7-19-31-35(27)33-23(11-5-17-29(33)38-31)24-12-6-18-30-34(24)36-28(37)16-8-20-32(36)39-30/h1-20H. The molecule has 180 valence electrons. The Labute approximate surface area is 233 Å². The van der Waals surface area contributed by atoms with Crippen molar-refractivity contribution in [2.24, 2.45) is 0 Å². The van der Waals surface area contributed by atoms with Crippen molar-refractivity contribution in [3.05, 3.63) is 144 Å². The van der Waals surface area contributed by atoms with Crippen LogP contribution in [0.25, 0.3) is 62.6 Å². The van der Waals surface area contributed by atoms with Crippen LogP contribution in [0.4, 0.5) is 0 Å². The molecule has 0 N–H and O–H groups in total. The van der Waals surface area contributed by atoms with Crippen LogP contribution in [0, 0.1) is 0 Å². The van der Waals surface area contributed by atoms with Gasteiger partial charge in [-0.05, 0) is 68.8 Å². The van der Waals surface area contributed by atoms with Gasteiger partial charge in [0.25, 0.3) is 0 Å². The van der Waals surface area contributed by atoms with Crippen molar-refractivity contribution < 1.29 is 0 Å². The molecule has 1 spiro atoms. The molecule has 0 saturated heterocycles. The van der Waals surface area contributed by atoms with Gasteiger partial charge in [0.2, 0.25) is 0 Å². The summed E-state index contributed by atoms with van der Waals surface area (Å²) in [5, 5.41) is 5.60. The van der Waals surface area contributed by atoms with Gasteiger partial charge in [-0.2, -0.15) is 0 Å². The van der Waals surface area contributed by atoms with Crippen LogP contribution in [0.1, 0.15) is 22.3 Å². The van der Waals surface area contributed by atoms with Crippen LogP contribution in [-0.4, -0.2) is 0 Å². The highest BCUT2D eigenvalue weighted by molar-refractivity contribution is 7.26. The predicted molar refractivity (Wildman–Crippen MR) is 169 cm³/mol. The lowest BCUT2D eigenvalue weighted by atomic mass is 9.66. The molecule has 6 aromatic carbocycles. The molecule has 10 rings (SSSR count). The molecule has 0 bridgehead atoms. The maximum absolute atomic E-state index is 2.42. The van der Waals surface area contributed by atoms with Crippen LogP contribution >= 0.6 is 22.7 Å². The Balaban J connectivity index is 1.61. The number of hydrogen-bond donors (Lipinski definition) is 0. The molecular weight excluding hydrogens is 509 g/mol. The zero-order valence-corrected chi connectivity index (χ0v) is 22.5. The summed E-state index contributed by atoms with van der Waals surface area (Å²) in [6.07, 6.45) is 0. The van der Waals surface area contributed by atoms with E-state index in [1.54, 1.807) is 0 Å². The summed E-state index contributed by atoms with van der Waals surface area (Å²) in [5.74, 6) is 0. The molecule has 39 heavy (non-hydrogen) atoms. The Kier molecular flexibility index (Phi) is 3.73. The average molecular weight is 529 g/mol. The summed E-state index contributed by atoms with van der Waals surface area (Å²) < 4.78 is 5.44. The second-order valence-corrected chi connectivity index (χ2v) is 12.9. The maximum atomic E-state index is 2.42. The van der Waals surface area contributed by atoms with Crippen molar-refractivity contribution in [2.45, 2.75) is 5.41 Å². The van der Waals surface area contributed by atoms with E-state index in [0.717, 1.165) is 0 Å². The van der Waals surface area contributed by atoms with Crippen molar-refractivity contribution in [1.82, 2.24) is 0 Å². The minimum atomic E-state index is -0.418. The smallest absolute Gasteiger partial charge is 0.0726 e. The van der Waals surface area contributed by atoms with Gasteiger partial charge >= 0.3 is 0 Å². The first-order valence-corrected chi connectivity index (χ1v) is 15.1. The summed E-state index contributed by atoms with van der Waals surface area (Å²) in [5.41, 5.74) is 10.6. The highest BCUT2D eigenvalue weighted by atomic mass is 32.1. The van der Waals surface area contributed by atoms with E-state index >= 15 is 0 Å². The Morgan fingerprint density at radius 3 is 1.15 bits per heavy atom. The van der Waals surface area contributed by atoms with Crippen LogP contribution in [0.5, 0.6) is 0 Å². The zero-order chi connectivity index (χ0) is 25.3. The third-order valence-corrected chi connectivity index (χ3v) is 11.3. The molecule has 0 saturated carbocycles. The first kappa shape index (κ1) is 20.7. The third kappa shape index (κ3) is 2.30. The van der Waals surface area contributed by atoms with Crippen LogP contribution in [0.3, 0.4) is 0 Å². The molecule has 2 aliphatic rings. The lowest BCUT2D eigenvalue weighted by Crippen LogP contribution is -2.29. The summed E-state index contributed by atoms with van der Waals surface area (Å²) in [6, 6.07) is 46.1. The molecule has 2 aliphatic carbocycles. The molecule has 8 aromatic rings. The summed E-state index contributed by atoms with van der Waals surface area (Å²) in [4.78, 5) is 0. The van der Waals surface area contributed by atoms with Crippen molar-refractivity contribution in [1.29, 1.82) is 0 Å². The molecular formula is C37H20S2. The molecule has 0 nitrogen and oxygen atoms in total. The molecule has 0 amide bonds. The Hall–Kier alpha value is -4.24. The Bertz CT molecular complexity index is 2180. The van der Waals surface area contributed by atoms with Crippen molar-refractivity contribution in [2.75, 3.05) is 0 Å². The summed E-state index contributed by atoms with van der Waals surface area (Å²) in [6.45, 7) is 0. The molecule has 0 fully saturated rings. The molecule has 0 radical (unpaired) electrons. The normalized spacial score (nSPS) is 14.4. The molecule has 2 heterocycles. The quantitative estimate of drug-likeness (QED) is 0.184. The van der Waals surface area contributed by atoms with Gasteiger partial charge in [-0.3, -0.25) is 0 Å². The van der Waals surface area contributed by atoms with E-state index in [-0.39, 0.29) is 0 Å². The number of thiophene rings is 2. The minimum Gasteiger partial charge on any atom is -0.135 e. The Morgan fingerprint density at radius 2 is 0.667 bits per heavy atom. The van der Waals surface area contributed by atoms with Crippen LogP contribution < -0.4 is 0 Å². The van der Waals surface area contributed by atoms with Gasteiger partial charge in [0, 0.05) is 40.3 Å². The van der Waals surface area contributed by atoms with E-state index in [2.05, 4.69) is 121 Å². The Morgan fingerprint density at radius 1 is 0.308 bits per heavy atom. The van der Waals surface area contributed by atoms with Crippen LogP contribution in [-0.2, 0) is 5.41 Å². The monoisotopic (exact) mass is 528 g/mol. The largest absolute Gasteiger partial charge is 0.135 e. The van der Waals surface area contributed by atoms with E-state index in [0.29, 0.717) is 0 Å². The van der Waals surface area contributed by atoms with Gasteiger partial charge in [0.15, 0.2) is 0 Å². The first-order chi connectivity index (χ1) is 19.4. The lowest BCUT2D eigenvalue weighted by Gasteiger charge is -2.35. The molecule has 0 unspecified atom stereocenters. The molecule has 0 aliphatic heterocycles. The fourth-order valence-electron chi connectivity index (χ4n) is 7.77. The van der Waals surface area contributed by atoms with Gasteiger partial charge in [-0.15, -0.1) is 22.7 Å². The SMILES string of the molecule is c1ccc2c(c1)-c1ccccc1C21c2cccc3sc4cccc(c4c23)-c2cccc3sc4cccc1c4c23. The average Bonchev–Trinajstić information content (AvgIpc) is 3.65. The van der Waals surface area contributed by atoms with Crippen molar-refractivity contribution in [3.8, 4) is 22.3 Å². The van der Waals surface area contributed by atoms with E-state index in [1.807, 2.05) is 22.7 Å². The minimum absolute atomic E-state index is 0.418. The van der Waals surface area contributed by atoms with Crippen molar-refractivity contribution in [3.63, 3.8) is 0 Å². The van der Waals surface area contributed by atoms with Gasteiger partial charge in [-0.25, -0.2) is 0 Å². The third-order valence-electron chi connectivity index (χ3n) is 9.10. The molecule has 2 heteroatoms. The first-order valence-electron chi connectivity index (χ1n) is 13.4. The number of fused-ring (bicyclic) bond motifs is 8. The second kappa shape index (κ2) is 7.04. The van der Waals surface area contributed by atoms with Gasteiger partial charge in [0.1, 0.15) is 0 Å². The van der Waals surface area contributed by atoms with E-state index < -0.39 is 5.41 Å². The lowest BCUT2D eigenvalue weighted by molar-refractivity contribution is 0.786. The second-order valence-electron chi connectivity index (χ2n) is 10.8. The fraction of sp³-hybridized carbons (Fsp3) is 0.0270. The van der Waals surface area contributed by atoms with E-state index in [9.17, 15) is 0 Å². The fourth-order valence-corrected chi connectivity index (χ4v) is 10.1. The van der Waals surface area contributed by atoms with Gasteiger partial charge < -0.3 is 0 Å². The van der Waals surface area contributed by atoms with Gasteiger partial charge in [0.05, 0.1) is 5.41 Å². The number of hydrogen-bond acceptors (Lipinski definition) is 2. The van der Waals surface area contributed by atoms with E-state index in [4.69, 9.17) is 0 Å². The molecule has 2 aromatic heterocycles. The zero-order valence-electron chi connectivity index (χ0n) is 20.9. The topological polar surface area (TPSA) is 0 Å². The highest BCUT2D eigenvalue weighted by Crippen LogP contribution is 2.61. The van der Waals surface area contributed by atoms with Crippen molar-refractivity contribution >= 4 is 63.0 Å².